The fourth-order valence-electron chi connectivity index (χ4n) is 2.30. The minimum atomic E-state index is 0.406. The predicted octanol–water partition coefficient (Wildman–Crippen LogP) is 1.52. The second kappa shape index (κ2) is 6.09. The van der Waals surface area contributed by atoms with Crippen molar-refractivity contribution in [2.45, 2.75) is 33.0 Å². The zero-order chi connectivity index (χ0) is 14.7. The third-order valence-electron chi connectivity index (χ3n) is 3.18. The van der Waals surface area contributed by atoms with Gasteiger partial charge in [0.15, 0.2) is 5.82 Å². The number of aryl methyl sites for hydroxylation is 2. The summed E-state index contributed by atoms with van der Waals surface area (Å²) in [5.41, 5.74) is 1.85. The number of nitrogens with zero attached hydrogens (tertiary/aromatic N) is 4. The van der Waals surface area contributed by atoms with E-state index in [0.29, 0.717) is 19.0 Å². The van der Waals surface area contributed by atoms with Crippen LogP contribution in [0.5, 0.6) is 5.88 Å². The molecule has 2 aromatic heterocycles. The van der Waals surface area contributed by atoms with E-state index >= 15 is 0 Å². The van der Waals surface area contributed by atoms with Gasteiger partial charge in [0.25, 0.3) is 0 Å². The zero-order valence-electron chi connectivity index (χ0n) is 12.3. The molecule has 0 spiro atoms. The molecule has 3 rings (SSSR count). The van der Waals surface area contributed by atoms with Gasteiger partial charge in [-0.2, -0.15) is 5.10 Å². The summed E-state index contributed by atoms with van der Waals surface area (Å²) in [6.45, 7) is 4.63. The van der Waals surface area contributed by atoms with Gasteiger partial charge in [-0.3, -0.25) is 0 Å². The van der Waals surface area contributed by atoms with Gasteiger partial charge in [0.05, 0.1) is 18.8 Å². The summed E-state index contributed by atoms with van der Waals surface area (Å²) in [5, 5.41) is 7.78. The van der Waals surface area contributed by atoms with E-state index in [1.165, 1.54) is 0 Å². The molecule has 21 heavy (non-hydrogen) atoms. The Morgan fingerprint density at radius 1 is 1.38 bits per heavy atom. The molecule has 0 unspecified atom stereocenters. The first-order chi connectivity index (χ1) is 10.2. The maximum atomic E-state index is 5.56. The van der Waals surface area contributed by atoms with Crippen molar-refractivity contribution in [3.63, 3.8) is 0 Å². The molecule has 0 aliphatic carbocycles. The Morgan fingerprint density at radius 2 is 2.29 bits per heavy atom. The van der Waals surface area contributed by atoms with Gasteiger partial charge in [-0.15, -0.1) is 0 Å². The summed E-state index contributed by atoms with van der Waals surface area (Å²) in [7, 11) is 1.63. The lowest BCUT2D eigenvalue weighted by molar-refractivity contribution is 0.177. The van der Waals surface area contributed by atoms with E-state index < -0.39 is 0 Å². The molecule has 1 N–H and O–H groups in total. The molecule has 7 heteroatoms. The molecule has 0 saturated heterocycles. The van der Waals surface area contributed by atoms with E-state index in [1.807, 2.05) is 23.7 Å². The van der Waals surface area contributed by atoms with Gasteiger partial charge in [-0.25, -0.2) is 14.6 Å². The van der Waals surface area contributed by atoms with Gasteiger partial charge < -0.3 is 14.8 Å². The normalized spacial score (nSPS) is 13.6. The van der Waals surface area contributed by atoms with Crippen LogP contribution in [-0.2, 0) is 24.4 Å². The first-order valence-corrected chi connectivity index (χ1v) is 7.01. The van der Waals surface area contributed by atoms with Crippen LogP contribution in [0.1, 0.15) is 23.6 Å². The summed E-state index contributed by atoms with van der Waals surface area (Å²) in [5.74, 6) is 2.30. The highest BCUT2D eigenvalue weighted by atomic mass is 16.5. The van der Waals surface area contributed by atoms with Crippen molar-refractivity contribution in [1.29, 1.82) is 0 Å². The summed E-state index contributed by atoms with van der Waals surface area (Å²) in [6, 6.07) is 3.88. The first-order valence-electron chi connectivity index (χ1n) is 7.01. The highest BCUT2D eigenvalue weighted by molar-refractivity contribution is 5.36. The topological polar surface area (TPSA) is 74.1 Å². The van der Waals surface area contributed by atoms with Crippen LogP contribution >= 0.6 is 0 Å². The van der Waals surface area contributed by atoms with Crippen LogP contribution in [0.2, 0.25) is 0 Å². The first kappa shape index (κ1) is 13.8. The largest absolute Gasteiger partial charge is 0.478 e. The molecule has 0 saturated carbocycles. The van der Waals surface area contributed by atoms with Crippen molar-refractivity contribution in [2.75, 3.05) is 19.0 Å². The molecule has 112 valence electrons. The van der Waals surface area contributed by atoms with Gasteiger partial charge in [0.1, 0.15) is 12.4 Å². The number of methoxy groups -OCH3 is 1. The fourth-order valence-corrected chi connectivity index (χ4v) is 2.30. The van der Waals surface area contributed by atoms with Crippen molar-refractivity contribution in [2.24, 2.45) is 0 Å². The Labute approximate surface area is 123 Å². The monoisotopic (exact) mass is 289 g/mol. The Bertz CT molecular complexity index is 602. The second-order valence-electron chi connectivity index (χ2n) is 5.00. The molecular formula is C14H19N5O2. The van der Waals surface area contributed by atoms with Crippen LogP contribution in [0.4, 0.5) is 5.82 Å². The van der Waals surface area contributed by atoms with Crippen molar-refractivity contribution in [3.8, 4) is 5.88 Å². The van der Waals surface area contributed by atoms with Crippen molar-refractivity contribution in [3.05, 3.63) is 29.3 Å². The lowest BCUT2D eigenvalue weighted by Crippen LogP contribution is -2.14. The number of rotatable bonds is 5. The molecule has 0 aromatic carbocycles. The number of hydrogen-bond acceptors (Lipinski definition) is 6. The lowest BCUT2D eigenvalue weighted by atomic mass is 10.3. The molecule has 0 amide bonds. The number of hydrogen-bond donors (Lipinski definition) is 1. The average molecular weight is 289 g/mol. The smallest absolute Gasteiger partial charge is 0.212 e. The molecule has 2 aromatic rings. The van der Waals surface area contributed by atoms with Gasteiger partial charge in [-0.1, -0.05) is 0 Å². The number of anilines is 1. The molecule has 7 nitrogen and oxygen atoms in total. The fraction of sp³-hybridized carbons (Fsp3) is 0.500. The number of aromatic nitrogens is 4. The maximum absolute atomic E-state index is 5.56. The van der Waals surface area contributed by atoms with Gasteiger partial charge in [0.2, 0.25) is 5.88 Å². The third kappa shape index (κ3) is 3.30. The lowest BCUT2D eigenvalue weighted by Gasteiger charge is -2.13. The number of nitrogens with one attached hydrogen (secondary N) is 1. The minimum absolute atomic E-state index is 0.406. The number of ether oxygens (including phenoxy) is 2. The maximum Gasteiger partial charge on any atom is 0.212 e. The highest BCUT2D eigenvalue weighted by Crippen LogP contribution is 2.19. The van der Waals surface area contributed by atoms with Crippen LogP contribution in [0.25, 0.3) is 0 Å². The molecule has 0 radical (unpaired) electrons. The Morgan fingerprint density at radius 3 is 3.10 bits per heavy atom. The Kier molecular flexibility index (Phi) is 4.01. The van der Waals surface area contributed by atoms with Crippen LogP contribution in [0, 0.1) is 6.92 Å². The van der Waals surface area contributed by atoms with E-state index in [-0.39, 0.29) is 0 Å². The van der Waals surface area contributed by atoms with E-state index in [2.05, 4.69) is 20.4 Å². The minimum Gasteiger partial charge on any atom is -0.478 e. The Balaban J connectivity index is 1.68. The van der Waals surface area contributed by atoms with Crippen molar-refractivity contribution < 1.29 is 9.47 Å². The standard InChI is InChI=1S/C14H19N5O2/c1-10-6-12(17-13(16-10)9-20-2)15-8-11-7-14-19(18-11)4-3-5-21-14/h6-7H,3-5,8-9H2,1-2H3,(H,15,16,17). The summed E-state index contributed by atoms with van der Waals surface area (Å²) in [4.78, 5) is 8.72. The van der Waals surface area contributed by atoms with E-state index in [1.54, 1.807) is 7.11 Å². The zero-order valence-corrected chi connectivity index (χ0v) is 12.3. The van der Waals surface area contributed by atoms with E-state index in [9.17, 15) is 0 Å². The molecular weight excluding hydrogens is 270 g/mol. The van der Waals surface area contributed by atoms with E-state index in [4.69, 9.17) is 9.47 Å². The van der Waals surface area contributed by atoms with Gasteiger partial charge in [0, 0.05) is 37.9 Å². The average Bonchev–Trinajstić information content (AvgIpc) is 2.88. The summed E-state index contributed by atoms with van der Waals surface area (Å²) >= 11 is 0. The van der Waals surface area contributed by atoms with Gasteiger partial charge >= 0.3 is 0 Å². The third-order valence-corrected chi connectivity index (χ3v) is 3.18. The molecule has 1 aliphatic heterocycles. The SMILES string of the molecule is COCc1nc(C)cc(NCc2cc3n(n2)CCCO3)n1. The van der Waals surface area contributed by atoms with Crippen LogP contribution < -0.4 is 10.1 Å². The predicted molar refractivity (Wildman–Crippen MR) is 77.1 cm³/mol. The van der Waals surface area contributed by atoms with Crippen molar-refractivity contribution in [1.82, 2.24) is 19.7 Å². The second-order valence-corrected chi connectivity index (χ2v) is 5.00. The number of fused-ring (bicyclic) bond motifs is 1. The molecule has 0 atom stereocenters. The van der Waals surface area contributed by atoms with Crippen LogP contribution in [-0.4, -0.2) is 33.5 Å². The van der Waals surface area contributed by atoms with Crippen molar-refractivity contribution >= 4 is 5.82 Å². The van der Waals surface area contributed by atoms with Crippen LogP contribution in [0.15, 0.2) is 12.1 Å². The molecule has 0 bridgehead atoms. The van der Waals surface area contributed by atoms with E-state index in [0.717, 1.165) is 42.7 Å². The molecule has 0 fully saturated rings. The summed E-state index contributed by atoms with van der Waals surface area (Å²) in [6.07, 6.45) is 1.01. The van der Waals surface area contributed by atoms with Crippen LogP contribution in [0.3, 0.4) is 0 Å². The quantitative estimate of drug-likeness (QED) is 0.899. The summed E-state index contributed by atoms with van der Waals surface area (Å²) < 4.78 is 12.5. The molecule has 3 heterocycles. The Hall–Kier alpha value is -2.15. The van der Waals surface area contributed by atoms with Gasteiger partial charge in [-0.05, 0) is 6.92 Å². The highest BCUT2D eigenvalue weighted by Gasteiger charge is 2.13. The molecule has 1 aliphatic rings.